The smallest absolute Gasteiger partial charge is 0.0921 e. The molecule has 0 spiro atoms. The highest BCUT2D eigenvalue weighted by atomic mass is 16.3. The van der Waals surface area contributed by atoms with Crippen molar-refractivity contribution in [2.75, 3.05) is 6.54 Å². The molecule has 1 aromatic carbocycles. The first-order valence-corrected chi connectivity index (χ1v) is 6.08. The van der Waals surface area contributed by atoms with Gasteiger partial charge in [-0.2, -0.15) is 0 Å². The molecule has 0 radical (unpaired) electrons. The number of aliphatic hydroxyl groups excluding tert-OH is 1. The molecule has 0 aliphatic heterocycles. The second kappa shape index (κ2) is 4.43. The van der Waals surface area contributed by atoms with Crippen molar-refractivity contribution in [2.24, 2.45) is 0 Å². The van der Waals surface area contributed by atoms with Gasteiger partial charge >= 0.3 is 0 Å². The van der Waals surface area contributed by atoms with Crippen molar-refractivity contribution in [1.82, 2.24) is 10.3 Å². The Hall–Kier alpha value is -1.45. The summed E-state index contributed by atoms with van der Waals surface area (Å²) in [7, 11) is 0. The molecule has 1 aliphatic carbocycles. The Balaban J connectivity index is 1.87. The van der Waals surface area contributed by atoms with Crippen molar-refractivity contribution in [3.63, 3.8) is 0 Å². The van der Waals surface area contributed by atoms with E-state index in [2.05, 4.69) is 10.3 Å². The monoisotopic (exact) mass is 228 g/mol. The maximum absolute atomic E-state index is 10.2. The number of hydrogen-bond donors (Lipinski definition) is 2. The Labute approximate surface area is 100 Å². The molecule has 0 bridgehead atoms. The highest BCUT2D eigenvalue weighted by Gasteiger charge is 2.22. The van der Waals surface area contributed by atoms with Gasteiger partial charge in [-0.15, -0.1) is 0 Å². The summed E-state index contributed by atoms with van der Waals surface area (Å²) in [5.74, 6) is 0. The molecule has 1 aromatic heterocycles. The van der Waals surface area contributed by atoms with Crippen molar-refractivity contribution >= 4 is 10.8 Å². The van der Waals surface area contributed by atoms with Crippen LogP contribution in [-0.4, -0.2) is 22.7 Å². The largest absolute Gasteiger partial charge is 0.387 e. The number of nitrogens with one attached hydrogen (secondary N) is 1. The number of pyridine rings is 1. The lowest BCUT2D eigenvalue weighted by Gasteiger charge is -2.14. The Morgan fingerprint density at radius 2 is 2.24 bits per heavy atom. The fourth-order valence-electron chi connectivity index (χ4n) is 2.10. The van der Waals surface area contributed by atoms with Crippen LogP contribution >= 0.6 is 0 Å². The van der Waals surface area contributed by atoms with E-state index in [4.69, 9.17) is 0 Å². The van der Waals surface area contributed by atoms with Gasteiger partial charge < -0.3 is 10.4 Å². The molecular formula is C14H16N2O. The van der Waals surface area contributed by atoms with Gasteiger partial charge in [0.1, 0.15) is 0 Å². The Bertz CT molecular complexity index is 517. The average Bonchev–Trinajstić information content (AvgIpc) is 3.19. The molecule has 3 rings (SSSR count). The molecule has 1 atom stereocenters. The van der Waals surface area contributed by atoms with Crippen LogP contribution in [0.1, 0.15) is 24.5 Å². The summed E-state index contributed by atoms with van der Waals surface area (Å²) >= 11 is 0. The quantitative estimate of drug-likeness (QED) is 0.841. The number of aliphatic hydroxyl groups is 1. The van der Waals surface area contributed by atoms with Gasteiger partial charge in [0, 0.05) is 30.4 Å². The van der Waals surface area contributed by atoms with Gasteiger partial charge in [-0.1, -0.05) is 18.2 Å². The summed E-state index contributed by atoms with van der Waals surface area (Å²) in [5.41, 5.74) is 0.962. The zero-order valence-electron chi connectivity index (χ0n) is 9.63. The molecule has 88 valence electrons. The third kappa shape index (κ3) is 2.30. The molecule has 2 N–H and O–H groups in total. The molecule has 1 unspecified atom stereocenters. The zero-order chi connectivity index (χ0) is 11.7. The van der Waals surface area contributed by atoms with E-state index in [0.29, 0.717) is 12.6 Å². The standard InChI is InChI=1S/C14H16N2O/c17-14(9-16-11-4-5-11)12-3-1-2-10-6-7-15-8-13(10)12/h1-3,6-8,11,14,16-17H,4-5,9H2. The van der Waals surface area contributed by atoms with Gasteiger partial charge in [0.05, 0.1) is 6.10 Å². The summed E-state index contributed by atoms with van der Waals surface area (Å²) < 4.78 is 0. The van der Waals surface area contributed by atoms with E-state index in [9.17, 15) is 5.11 Å². The molecule has 0 saturated heterocycles. The minimum atomic E-state index is -0.455. The average molecular weight is 228 g/mol. The zero-order valence-corrected chi connectivity index (χ0v) is 9.63. The van der Waals surface area contributed by atoms with Crippen LogP contribution in [0.15, 0.2) is 36.7 Å². The van der Waals surface area contributed by atoms with E-state index in [1.54, 1.807) is 6.20 Å². The second-order valence-corrected chi connectivity index (χ2v) is 4.64. The summed E-state index contributed by atoms with van der Waals surface area (Å²) in [6.45, 7) is 0.624. The SMILES string of the molecule is OC(CNC1CC1)c1cccc2ccncc12. The number of benzene rings is 1. The van der Waals surface area contributed by atoms with Gasteiger partial charge in [-0.25, -0.2) is 0 Å². The van der Waals surface area contributed by atoms with E-state index < -0.39 is 6.10 Å². The Morgan fingerprint density at radius 1 is 1.35 bits per heavy atom. The van der Waals surface area contributed by atoms with Gasteiger partial charge in [0.25, 0.3) is 0 Å². The number of hydrogen-bond acceptors (Lipinski definition) is 3. The first-order valence-electron chi connectivity index (χ1n) is 6.08. The number of nitrogens with zero attached hydrogens (tertiary/aromatic N) is 1. The third-order valence-electron chi connectivity index (χ3n) is 3.25. The van der Waals surface area contributed by atoms with Crippen LogP contribution in [0.2, 0.25) is 0 Å². The minimum Gasteiger partial charge on any atom is -0.387 e. The van der Waals surface area contributed by atoms with E-state index in [1.807, 2.05) is 30.5 Å². The van der Waals surface area contributed by atoms with E-state index in [1.165, 1.54) is 12.8 Å². The minimum absolute atomic E-state index is 0.455. The molecule has 0 amide bonds. The summed E-state index contributed by atoms with van der Waals surface area (Å²) in [5, 5.41) is 15.7. The summed E-state index contributed by atoms with van der Waals surface area (Å²) in [6, 6.07) is 8.60. The van der Waals surface area contributed by atoms with Crippen LogP contribution in [-0.2, 0) is 0 Å². The number of fused-ring (bicyclic) bond motifs is 1. The van der Waals surface area contributed by atoms with Crippen LogP contribution in [0.5, 0.6) is 0 Å². The Kier molecular flexibility index (Phi) is 2.79. The first kappa shape index (κ1) is 10.7. The van der Waals surface area contributed by atoms with Crippen molar-refractivity contribution in [2.45, 2.75) is 25.0 Å². The van der Waals surface area contributed by atoms with E-state index >= 15 is 0 Å². The van der Waals surface area contributed by atoms with Gasteiger partial charge in [0.2, 0.25) is 0 Å². The normalized spacial score (nSPS) is 17.2. The number of aromatic nitrogens is 1. The fraction of sp³-hybridized carbons (Fsp3) is 0.357. The lowest BCUT2D eigenvalue weighted by Crippen LogP contribution is -2.23. The molecular weight excluding hydrogens is 212 g/mol. The molecule has 1 heterocycles. The van der Waals surface area contributed by atoms with Crippen LogP contribution in [0.4, 0.5) is 0 Å². The number of rotatable bonds is 4. The van der Waals surface area contributed by atoms with Crippen LogP contribution < -0.4 is 5.32 Å². The molecule has 1 aliphatic rings. The van der Waals surface area contributed by atoms with Crippen molar-refractivity contribution in [1.29, 1.82) is 0 Å². The van der Waals surface area contributed by atoms with Gasteiger partial charge in [-0.3, -0.25) is 4.98 Å². The third-order valence-corrected chi connectivity index (χ3v) is 3.25. The molecule has 1 saturated carbocycles. The first-order chi connectivity index (χ1) is 8.34. The topological polar surface area (TPSA) is 45.1 Å². The predicted octanol–water partition coefficient (Wildman–Crippen LogP) is 2.02. The molecule has 2 aromatic rings. The van der Waals surface area contributed by atoms with Crippen molar-refractivity contribution in [3.05, 3.63) is 42.2 Å². The van der Waals surface area contributed by atoms with Crippen molar-refractivity contribution in [3.8, 4) is 0 Å². The highest BCUT2D eigenvalue weighted by molar-refractivity contribution is 5.85. The highest BCUT2D eigenvalue weighted by Crippen LogP contribution is 2.24. The van der Waals surface area contributed by atoms with Crippen LogP contribution in [0, 0.1) is 0 Å². The van der Waals surface area contributed by atoms with Gasteiger partial charge in [0.15, 0.2) is 0 Å². The maximum Gasteiger partial charge on any atom is 0.0921 e. The summed E-state index contributed by atoms with van der Waals surface area (Å²) in [6.07, 6.45) is 5.63. The summed E-state index contributed by atoms with van der Waals surface area (Å²) in [4.78, 5) is 4.13. The maximum atomic E-state index is 10.2. The van der Waals surface area contributed by atoms with E-state index in [-0.39, 0.29) is 0 Å². The van der Waals surface area contributed by atoms with Gasteiger partial charge in [-0.05, 0) is 29.9 Å². The molecule has 1 fully saturated rings. The van der Waals surface area contributed by atoms with Crippen molar-refractivity contribution < 1.29 is 5.11 Å². The van der Waals surface area contributed by atoms with Crippen LogP contribution in [0.25, 0.3) is 10.8 Å². The predicted molar refractivity (Wildman–Crippen MR) is 67.7 cm³/mol. The van der Waals surface area contributed by atoms with Crippen LogP contribution in [0.3, 0.4) is 0 Å². The lowest BCUT2D eigenvalue weighted by atomic mass is 10.0. The molecule has 17 heavy (non-hydrogen) atoms. The Morgan fingerprint density at radius 3 is 3.06 bits per heavy atom. The lowest BCUT2D eigenvalue weighted by molar-refractivity contribution is 0.175. The second-order valence-electron chi connectivity index (χ2n) is 4.64. The fourth-order valence-corrected chi connectivity index (χ4v) is 2.10. The molecule has 3 heteroatoms. The van der Waals surface area contributed by atoms with E-state index in [0.717, 1.165) is 16.3 Å². The molecule has 3 nitrogen and oxygen atoms in total.